The molecule has 7 heteroatoms. The molecule has 2 unspecified atom stereocenters. The van der Waals surface area contributed by atoms with Crippen LogP contribution in [0.25, 0.3) is 0 Å². The average molecular weight is 1030 g/mol. The molecule has 1 fully saturated rings. The van der Waals surface area contributed by atoms with E-state index >= 15 is 0 Å². The minimum atomic E-state index is 0.255. The van der Waals surface area contributed by atoms with Gasteiger partial charge < -0.3 is 29.2 Å². The fourth-order valence-electron chi connectivity index (χ4n) is 10.8. The minimum absolute atomic E-state index is 0.255. The number of rotatable bonds is 63. The number of nitrogens with one attached hydrogen (secondary N) is 1. The Labute approximate surface area is 459 Å². The number of ether oxygens (including phenoxy) is 4. The van der Waals surface area contributed by atoms with Gasteiger partial charge in [-0.25, -0.2) is 0 Å². The second-order valence-corrected chi connectivity index (χ2v) is 23.3. The Bertz CT molecular complexity index is 995. The lowest BCUT2D eigenvalue weighted by Gasteiger charge is -2.34. The molecule has 1 rings (SSSR count). The highest BCUT2D eigenvalue weighted by molar-refractivity contribution is 4.73. The van der Waals surface area contributed by atoms with Crippen LogP contribution in [0.15, 0.2) is 0 Å². The van der Waals surface area contributed by atoms with Crippen molar-refractivity contribution in [2.24, 2.45) is 0 Å². The summed E-state index contributed by atoms with van der Waals surface area (Å²) >= 11 is 0. The summed E-state index contributed by atoms with van der Waals surface area (Å²) in [6.07, 6.45) is 62.7. The second kappa shape index (κ2) is 60.9. The van der Waals surface area contributed by atoms with Crippen molar-refractivity contribution in [1.82, 2.24) is 15.1 Å². The van der Waals surface area contributed by atoms with Crippen molar-refractivity contribution < 1.29 is 18.9 Å². The number of piperazine rings is 1. The topological polar surface area (TPSA) is 55.4 Å². The third kappa shape index (κ3) is 53.5. The predicted octanol–water partition coefficient (Wildman–Crippen LogP) is 19.0. The molecule has 0 aromatic rings. The first-order valence-corrected chi connectivity index (χ1v) is 33.8. The minimum Gasteiger partial charge on any atom is -0.379 e. The molecule has 7 nitrogen and oxygen atoms in total. The van der Waals surface area contributed by atoms with Crippen LogP contribution in [0.2, 0.25) is 0 Å². The molecule has 0 aromatic carbocycles. The van der Waals surface area contributed by atoms with E-state index in [1.54, 1.807) is 0 Å². The van der Waals surface area contributed by atoms with Gasteiger partial charge in [0.05, 0.1) is 25.4 Å². The van der Waals surface area contributed by atoms with Gasteiger partial charge in [-0.15, -0.1) is 0 Å². The average Bonchev–Trinajstić information content (AvgIpc) is 3.40. The van der Waals surface area contributed by atoms with Gasteiger partial charge in [-0.05, 0) is 77.3 Å². The SMILES string of the molecule is CCCCCCCCCCCCOCC(CCCCNCCN1CCN(CCCCC(COCCCCCCCCCCCC)OCCCCCCCCCCCC)CC1)OCCCCCCCCCCCC. The van der Waals surface area contributed by atoms with Crippen LogP contribution in [0.3, 0.4) is 0 Å². The highest BCUT2D eigenvalue weighted by atomic mass is 16.5. The van der Waals surface area contributed by atoms with Crippen molar-refractivity contribution in [2.75, 3.05) is 92.0 Å². The van der Waals surface area contributed by atoms with E-state index in [9.17, 15) is 0 Å². The lowest BCUT2D eigenvalue weighted by atomic mass is 10.1. The Balaban J connectivity index is 2.27. The zero-order chi connectivity index (χ0) is 52.3. The molecule has 73 heavy (non-hydrogen) atoms. The molecule has 2 atom stereocenters. The number of hydrogen-bond donors (Lipinski definition) is 1. The Morgan fingerprint density at radius 2 is 0.575 bits per heavy atom. The summed E-state index contributed by atoms with van der Waals surface area (Å²) < 4.78 is 25.5. The summed E-state index contributed by atoms with van der Waals surface area (Å²) in [6.45, 7) is 23.8. The van der Waals surface area contributed by atoms with Crippen molar-refractivity contribution in [2.45, 2.75) is 335 Å². The zero-order valence-corrected chi connectivity index (χ0v) is 50.6. The molecule has 0 spiro atoms. The van der Waals surface area contributed by atoms with E-state index in [0.717, 1.165) is 65.6 Å². The standard InChI is InChI=1S/C66H135N3O4/c1-5-9-13-17-21-25-29-33-37-45-59-70-63-65(72-61-47-39-35-31-27-23-19-15-11-7-3)49-41-43-51-67-52-54-69-57-55-68(56-58-69)53-44-42-50-66(73-62-48-40-36-32-28-24-20-16-12-8-4)64-71-60-46-38-34-30-26-22-18-14-10-6-2/h65-67H,5-64H2,1-4H3. The van der Waals surface area contributed by atoms with Crippen molar-refractivity contribution in [3.8, 4) is 0 Å². The van der Waals surface area contributed by atoms with Crippen LogP contribution in [0.1, 0.15) is 323 Å². The molecule has 1 saturated heterocycles. The van der Waals surface area contributed by atoms with Gasteiger partial charge in [0.25, 0.3) is 0 Å². The van der Waals surface area contributed by atoms with E-state index in [-0.39, 0.29) is 12.2 Å². The van der Waals surface area contributed by atoms with Gasteiger partial charge in [0, 0.05) is 65.7 Å². The quantitative estimate of drug-likeness (QED) is 0.0609. The van der Waals surface area contributed by atoms with Gasteiger partial charge in [0.15, 0.2) is 0 Å². The maximum absolute atomic E-state index is 6.52. The van der Waals surface area contributed by atoms with Crippen LogP contribution in [-0.2, 0) is 18.9 Å². The van der Waals surface area contributed by atoms with Crippen molar-refractivity contribution >= 4 is 0 Å². The fraction of sp³-hybridized carbons (Fsp3) is 1.00. The van der Waals surface area contributed by atoms with Gasteiger partial charge in [-0.1, -0.05) is 259 Å². The van der Waals surface area contributed by atoms with Crippen LogP contribution in [-0.4, -0.2) is 114 Å². The van der Waals surface area contributed by atoms with Gasteiger partial charge in [0.2, 0.25) is 0 Å². The molecule has 0 bridgehead atoms. The van der Waals surface area contributed by atoms with E-state index < -0.39 is 0 Å². The molecule has 0 radical (unpaired) electrons. The fourth-order valence-corrected chi connectivity index (χ4v) is 10.8. The molecule has 1 heterocycles. The first-order chi connectivity index (χ1) is 36.2. The first-order valence-electron chi connectivity index (χ1n) is 33.8. The maximum atomic E-state index is 6.52. The Morgan fingerprint density at radius 3 is 0.918 bits per heavy atom. The number of nitrogens with zero attached hydrogens (tertiary/aromatic N) is 2. The molecular formula is C66H135N3O4. The summed E-state index contributed by atoms with van der Waals surface area (Å²) in [6, 6.07) is 0. The highest BCUT2D eigenvalue weighted by Crippen LogP contribution is 2.17. The smallest absolute Gasteiger partial charge is 0.0808 e. The van der Waals surface area contributed by atoms with Gasteiger partial charge in [0.1, 0.15) is 0 Å². The molecule has 438 valence electrons. The summed E-state index contributed by atoms with van der Waals surface area (Å²) in [5.41, 5.74) is 0. The van der Waals surface area contributed by atoms with E-state index in [1.165, 1.54) is 322 Å². The van der Waals surface area contributed by atoms with Crippen LogP contribution < -0.4 is 5.32 Å². The van der Waals surface area contributed by atoms with Crippen LogP contribution in [0, 0.1) is 0 Å². The molecular weight excluding hydrogens is 899 g/mol. The van der Waals surface area contributed by atoms with E-state index in [4.69, 9.17) is 18.9 Å². The Morgan fingerprint density at radius 1 is 0.288 bits per heavy atom. The van der Waals surface area contributed by atoms with E-state index in [1.807, 2.05) is 0 Å². The van der Waals surface area contributed by atoms with Crippen LogP contribution in [0.4, 0.5) is 0 Å². The highest BCUT2D eigenvalue weighted by Gasteiger charge is 2.17. The third-order valence-corrected chi connectivity index (χ3v) is 16.0. The van der Waals surface area contributed by atoms with E-state index in [2.05, 4.69) is 42.8 Å². The zero-order valence-electron chi connectivity index (χ0n) is 50.6. The summed E-state index contributed by atoms with van der Waals surface area (Å²) in [5.74, 6) is 0. The van der Waals surface area contributed by atoms with Crippen LogP contribution in [0.5, 0.6) is 0 Å². The van der Waals surface area contributed by atoms with Crippen molar-refractivity contribution in [1.29, 1.82) is 0 Å². The molecule has 1 aliphatic rings. The van der Waals surface area contributed by atoms with Crippen molar-refractivity contribution in [3.63, 3.8) is 0 Å². The lowest BCUT2D eigenvalue weighted by Crippen LogP contribution is -2.48. The lowest BCUT2D eigenvalue weighted by molar-refractivity contribution is -0.0237. The number of unbranched alkanes of at least 4 members (excludes halogenated alkanes) is 38. The number of hydrogen-bond acceptors (Lipinski definition) is 7. The molecule has 1 aliphatic heterocycles. The second-order valence-electron chi connectivity index (χ2n) is 23.3. The normalized spacial score (nSPS) is 14.5. The van der Waals surface area contributed by atoms with Crippen LogP contribution >= 0.6 is 0 Å². The Hall–Kier alpha value is -0.280. The molecule has 0 aromatic heterocycles. The van der Waals surface area contributed by atoms with Gasteiger partial charge >= 0.3 is 0 Å². The summed E-state index contributed by atoms with van der Waals surface area (Å²) in [5, 5.41) is 3.78. The first kappa shape index (κ1) is 70.7. The molecule has 0 amide bonds. The third-order valence-electron chi connectivity index (χ3n) is 16.0. The maximum Gasteiger partial charge on any atom is 0.0808 e. The Kier molecular flexibility index (Phi) is 59.0. The van der Waals surface area contributed by atoms with Crippen molar-refractivity contribution in [3.05, 3.63) is 0 Å². The van der Waals surface area contributed by atoms with Gasteiger partial charge in [-0.3, -0.25) is 4.90 Å². The molecule has 0 aliphatic carbocycles. The van der Waals surface area contributed by atoms with E-state index in [0.29, 0.717) is 0 Å². The molecule has 0 saturated carbocycles. The predicted molar refractivity (Wildman–Crippen MR) is 322 cm³/mol. The summed E-state index contributed by atoms with van der Waals surface area (Å²) in [7, 11) is 0. The monoisotopic (exact) mass is 1030 g/mol. The molecule has 1 N–H and O–H groups in total. The largest absolute Gasteiger partial charge is 0.379 e. The summed E-state index contributed by atoms with van der Waals surface area (Å²) in [4.78, 5) is 5.39. The van der Waals surface area contributed by atoms with Gasteiger partial charge in [-0.2, -0.15) is 0 Å².